The van der Waals surface area contributed by atoms with E-state index in [4.69, 9.17) is 21.0 Å². The van der Waals surface area contributed by atoms with Gasteiger partial charge in [-0.1, -0.05) is 6.92 Å². The van der Waals surface area contributed by atoms with Gasteiger partial charge in [-0.25, -0.2) is 0 Å². The maximum Gasteiger partial charge on any atom is 0.133 e. The molecular weight excluding hydrogens is 182 g/mol. The van der Waals surface area contributed by atoms with Crippen LogP contribution in [0.2, 0.25) is 0 Å². The molecule has 0 aliphatic carbocycles. The van der Waals surface area contributed by atoms with Gasteiger partial charge < -0.3 is 15.2 Å². The lowest BCUT2D eigenvalue weighted by Gasteiger charge is -1.90. The molecule has 0 aromatic heterocycles. The Morgan fingerprint density at radius 3 is 1.93 bits per heavy atom. The second-order valence-electron chi connectivity index (χ2n) is 2.21. The summed E-state index contributed by atoms with van der Waals surface area (Å²) in [5.41, 5.74) is 5.03. The fourth-order valence-corrected chi connectivity index (χ4v) is 0.463. The van der Waals surface area contributed by atoms with Crippen LogP contribution in [0.25, 0.3) is 0 Å². The Hall–Kier alpha value is -1.14. The van der Waals surface area contributed by atoms with Crippen molar-refractivity contribution in [2.45, 2.75) is 13.3 Å². The second kappa shape index (κ2) is 17.8. The molecule has 0 rings (SSSR count). The molecule has 2 N–H and O–H groups in total. The van der Waals surface area contributed by atoms with Gasteiger partial charge in [0.25, 0.3) is 0 Å². The van der Waals surface area contributed by atoms with Gasteiger partial charge in [-0.3, -0.25) is 0 Å². The van der Waals surface area contributed by atoms with Crippen molar-refractivity contribution in [2.75, 3.05) is 33.0 Å². The van der Waals surface area contributed by atoms with Crippen molar-refractivity contribution in [3.8, 4) is 12.1 Å². The molecular formula is C9H17N3O2. The predicted octanol–water partition coefficient (Wildman–Crippen LogP) is 0.422. The minimum Gasteiger partial charge on any atom is -0.367 e. The van der Waals surface area contributed by atoms with Crippen molar-refractivity contribution in [3.63, 3.8) is 0 Å². The minimum atomic E-state index is 0.150. The van der Waals surface area contributed by atoms with Crippen molar-refractivity contribution < 1.29 is 9.47 Å². The fourth-order valence-electron chi connectivity index (χ4n) is 0.463. The van der Waals surface area contributed by atoms with Crippen molar-refractivity contribution in [1.82, 2.24) is 0 Å². The van der Waals surface area contributed by atoms with Crippen LogP contribution >= 0.6 is 0 Å². The van der Waals surface area contributed by atoms with Gasteiger partial charge in [0.15, 0.2) is 0 Å². The van der Waals surface area contributed by atoms with E-state index in [1.54, 1.807) is 0 Å². The molecule has 0 aromatic carbocycles. The Morgan fingerprint density at radius 2 is 1.57 bits per heavy atom. The highest BCUT2D eigenvalue weighted by molar-refractivity contribution is 4.66. The number of rotatable bonds is 6. The molecule has 0 heterocycles. The van der Waals surface area contributed by atoms with E-state index in [0.717, 1.165) is 6.42 Å². The van der Waals surface area contributed by atoms with E-state index in [9.17, 15) is 0 Å². The minimum absolute atomic E-state index is 0.150. The zero-order valence-electron chi connectivity index (χ0n) is 8.53. The molecule has 0 bridgehead atoms. The predicted molar refractivity (Wildman–Crippen MR) is 52.2 cm³/mol. The molecule has 80 valence electrons. The lowest BCUT2D eigenvalue weighted by molar-refractivity contribution is 0.166. The molecule has 0 radical (unpaired) electrons. The van der Waals surface area contributed by atoms with Crippen LogP contribution in [0.15, 0.2) is 0 Å². The third-order valence-electron chi connectivity index (χ3n) is 0.944. The molecule has 0 aromatic rings. The number of hydrogen-bond acceptors (Lipinski definition) is 5. The molecule has 14 heavy (non-hydrogen) atoms. The second-order valence-corrected chi connectivity index (χ2v) is 2.21. The number of hydrogen-bond donors (Lipinski definition) is 1. The summed E-state index contributed by atoms with van der Waals surface area (Å²) in [6.45, 7) is 4.06. The fraction of sp³-hybridized carbons (Fsp3) is 0.778. The highest BCUT2D eigenvalue weighted by atomic mass is 16.5. The van der Waals surface area contributed by atoms with E-state index in [-0.39, 0.29) is 13.2 Å². The highest BCUT2D eigenvalue weighted by Crippen LogP contribution is 1.76. The number of nitrogens with two attached hydrogens (primary N) is 1. The summed E-state index contributed by atoms with van der Waals surface area (Å²) in [6, 6.07) is 3.70. The molecule has 0 spiro atoms. The molecule has 5 nitrogen and oxygen atoms in total. The van der Waals surface area contributed by atoms with Crippen LogP contribution in [-0.2, 0) is 9.47 Å². The lowest BCUT2D eigenvalue weighted by atomic mass is 10.5. The molecule has 0 saturated heterocycles. The average Bonchev–Trinajstić information content (AvgIpc) is 2.21. The Kier molecular flexibility index (Phi) is 19.5. The van der Waals surface area contributed by atoms with Crippen LogP contribution in [-0.4, -0.2) is 33.0 Å². The van der Waals surface area contributed by atoms with Crippen molar-refractivity contribution in [2.24, 2.45) is 5.73 Å². The normalized spacial score (nSPS) is 8.00. The molecule has 0 saturated carbocycles. The first-order valence-corrected chi connectivity index (χ1v) is 4.42. The third-order valence-corrected chi connectivity index (χ3v) is 0.944. The van der Waals surface area contributed by atoms with E-state index in [1.165, 1.54) is 0 Å². The van der Waals surface area contributed by atoms with E-state index in [2.05, 4.69) is 4.74 Å². The molecule has 0 amide bonds. The quantitative estimate of drug-likeness (QED) is 0.626. The summed E-state index contributed by atoms with van der Waals surface area (Å²) >= 11 is 0. The first-order chi connectivity index (χ1) is 6.83. The van der Waals surface area contributed by atoms with Crippen molar-refractivity contribution >= 4 is 0 Å². The van der Waals surface area contributed by atoms with Gasteiger partial charge in [-0.2, -0.15) is 10.5 Å². The van der Waals surface area contributed by atoms with E-state index in [1.807, 2.05) is 19.1 Å². The summed E-state index contributed by atoms with van der Waals surface area (Å²) in [5.74, 6) is 0. The summed E-state index contributed by atoms with van der Waals surface area (Å²) in [6.07, 6.45) is 0.988. The van der Waals surface area contributed by atoms with Gasteiger partial charge in [0.05, 0.1) is 18.7 Å². The molecule has 0 unspecified atom stereocenters. The smallest absolute Gasteiger partial charge is 0.133 e. The Labute approximate surface area is 85.0 Å². The van der Waals surface area contributed by atoms with Gasteiger partial charge in [-0.15, -0.1) is 0 Å². The lowest BCUT2D eigenvalue weighted by Crippen LogP contribution is -2.07. The van der Waals surface area contributed by atoms with Crippen LogP contribution in [0.1, 0.15) is 13.3 Å². The largest absolute Gasteiger partial charge is 0.367 e. The summed E-state index contributed by atoms with van der Waals surface area (Å²) < 4.78 is 9.42. The maximum absolute atomic E-state index is 7.92. The van der Waals surface area contributed by atoms with Gasteiger partial charge in [0.2, 0.25) is 0 Å². The number of nitriles is 2. The number of nitrogens with zero attached hydrogens (tertiary/aromatic N) is 2. The summed E-state index contributed by atoms with van der Waals surface area (Å²) in [7, 11) is 0. The number of ether oxygens (including phenoxy) is 2. The Bertz CT molecular complexity index is 152. The van der Waals surface area contributed by atoms with Crippen molar-refractivity contribution in [1.29, 1.82) is 10.5 Å². The molecule has 0 aliphatic heterocycles. The SMILES string of the molecule is CCCOCC#N.N#CCOCCN. The van der Waals surface area contributed by atoms with E-state index in [0.29, 0.717) is 19.8 Å². The van der Waals surface area contributed by atoms with Crippen LogP contribution in [0, 0.1) is 22.7 Å². The van der Waals surface area contributed by atoms with Crippen molar-refractivity contribution in [3.05, 3.63) is 0 Å². The van der Waals surface area contributed by atoms with Gasteiger partial charge in [-0.05, 0) is 6.42 Å². The summed E-state index contributed by atoms with van der Waals surface area (Å²) in [4.78, 5) is 0. The average molecular weight is 199 g/mol. The zero-order chi connectivity index (χ0) is 11.1. The molecule has 0 aliphatic rings. The van der Waals surface area contributed by atoms with E-state index < -0.39 is 0 Å². The van der Waals surface area contributed by atoms with Gasteiger partial charge >= 0.3 is 0 Å². The highest BCUT2D eigenvalue weighted by Gasteiger charge is 1.77. The van der Waals surface area contributed by atoms with Crippen LogP contribution < -0.4 is 5.73 Å². The maximum atomic E-state index is 7.92. The molecule has 0 fully saturated rings. The first kappa shape index (κ1) is 15.3. The Morgan fingerprint density at radius 1 is 1.07 bits per heavy atom. The summed E-state index contributed by atoms with van der Waals surface area (Å²) in [5, 5.41) is 15.8. The van der Waals surface area contributed by atoms with Gasteiger partial charge in [0.1, 0.15) is 13.2 Å². The molecule has 0 atom stereocenters. The van der Waals surface area contributed by atoms with Crippen LogP contribution in [0.4, 0.5) is 0 Å². The zero-order valence-corrected chi connectivity index (χ0v) is 8.53. The first-order valence-electron chi connectivity index (χ1n) is 4.42. The molecule has 5 heteroatoms. The van der Waals surface area contributed by atoms with Crippen LogP contribution in [0.3, 0.4) is 0 Å². The van der Waals surface area contributed by atoms with Crippen LogP contribution in [0.5, 0.6) is 0 Å². The third kappa shape index (κ3) is 22.4. The topological polar surface area (TPSA) is 92.1 Å². The monoisotopic (exact) mass is 199 g/mol. The van der Waals surface area contributed by atoms with E-state index >= 15 is 0 Å². The Balaban J connectivity index is 0. The standard InChI is InChI=1S/C5H9NO.C4H8N2O/c1-2-4-7-5-3-6;5-1-3-7-4-2-6/h2,4-5H2,1H3;1,3-5H2. The van der Waals surface area contributed by atoms with Gasteiger partial charge in [0, 0.05) is 13.2 Å².